The molecule has 1 aliphatic heterocycles. The third-order valence-corrected chi connectivity index (χ3v) is 7.27. The summed E-state index contributed by atoms with van der Waals surface area (Å²) in [4.78, 5) is 24.7. The molecule has 1 heterocycles. The molecule has 0 atom stereocenters. The van der Waals surface area contributed by atoms with Crippen molar-refractivity contribution >= 4 is 21.8 Å². The molecule has 1 saturated heterocycles. The summed E-state index contributed by atoms with van der Waals surface area (Å²) in [5.74, 6) is -1.13. The molecule has 178 valence electrons. The van der Waals surface area contributed by atoms with Gasteiger partial charge in [0.05, 0.1) is 24.5 Å². The lowest BCUT2D eigenvalue weighted by molar-refractivity contribution is -0.120. The molecule has 10 heteroatoms. The number of hydrogen-bond acceptors (Lipinski definition) is 5. The molecule has 33 heavy (non-hydrogen) atoms. The molecular weight excluding hydrogens is 449 g/mol. The molecule has 0 saturated carbocycles. The Morgan fingerprint density at radius 2 is 1.79 bits per heavy atom. The highest BCUT2D eigenvalue weighted by atomic mass is 32.2. The molecule has 0 unspecified atom stereocenters. The Balaban J connectivity index is 1.57. The van der Waals surface area contributed by atoms with Crippen molar-refractivity contribution in [2.45, 2.75) is 24.7 Å². The average Bonchev–Trinajstić information content (AvgIpc) is 2.82. The minimum atomic E-state index is -3.74. The zero-order valence-electron chi connectivity index (χ0n) is 18.5. The van der Waals surface area contributed by atoms with Crippen LogP contribution in [0, 0.1) is 5.82 Å². The number of amides is 2. The first kappa shape index (κ1) is 24.8. The summed E-state index contributed by atoms with van der Waals surface area (Å²) >= 11 is 0. The number of sulfonamides is 1. The van der Waals surface area contributed by atoms with Crippen molar-refractivity contribution < 1.29 is 27.1 Å². The predicted molar refractivity (Wildman–Crippen MR) is 121 cm³/mol. The molecular formula is C23H28FN3O5S. The molecule has 0 spiro atoms. The van der Waals surface area contributed by atoms with Crippen LogP contribution in [0.3, 0.4) is 0 Å². The smallest absolute Gasteiger partial charge is 0.251 e. The Bertz CT molecular complexity index is 1100. The molecule has 0 radical (unpaired) electrons. The van der Waals surface area contributed by atoms with Crippen LogP contribution in [-0.2, 0) is 32.4 Å². The molecule has 3 rings (SSSR count). The van der Waals surface area contributed by atoms with Crippen LogP contribution in [-0.4, -0.2) is 63.9 Å². The molecule has 8 nitrogen and oxygen atoms in total. The Hall–Kier alpha value is -2.82. The summed E-state index contributed by atoms with van der Waals surface area (Å²) in [6.07, 6.45) is 0.547. The number of nitrogens with zero attached hydrogens (tertiary/aromatic N) is 1. The van der Waals surface area contributed by atoms with E-state index in [0.29, 0.717) is 30.8 Å². The van der Waals surface area contributed by atoms with Gasteiger partial charge in [0.15, 0.2) is 0 Å². The number of rotatable bonds is 9. The van der Waals surface area contributed by atoms with Crippen LogP contribution in [0.4, 0.5) is 4.39 Å². The van der Waals surface area contributed by atoms with Gasteiger partial charge in [-0.3, -0.25) is 9.59 Å². The summed E-state index contributed by atoms with van der Waals surface area (Å²) < 4.78 is 46.1. The monoisotopic (exact) mass is 477 g/mol. The van der Waals surface area contributed by atoms with E-state index in [0.717, 1.165) is 0 Å². The maximum absolute atomic E-state index is 13.2. The number of morpholine rings is 1. The highest BCUT2D eigenvalue weighted by Crippen LogP contribution is 2.23. The van der Waals surface area contributed by atoms with Crippen molar-refractivity contribution in [3.63, 3.8) is 0 Å². The Morgan fingerprint density at radius 1 is 1.06 bits per heavy atom. The Kier molecular flexibility index (Phi) is 8.54. The molecule has 2 aromatic rings. The summed E-state index contributed by atoms with van der Waals surface area (Å²) in [7, 11) is -3.74. The minimum Gasteiger partial charge on any atom is -0.379 e. The van der Waals surface area contributed by atoms with Crippen LogP contribution in [0.5, 0.6) is 0 Å². The molecule has 0 aromatic heterocycles. The van der Waals surface area contributed by atoms with Crippen molar-refractivity contribution in [3.8, 4) is 0 Å². The van der Waals surface area contributed by atoms with Gasteiger partial charge in [0.25, 0.3) is 5.91 Å². The molecule has 2 amide bonds. The summed E-state index contributed by atoms with van der Waals surface area (Å²) in [6.45, 7) is 3.44. The zero-order valence-corrected chi connectivity index (χ0v) is 19.3. The van der Waals surface area contributed by atoms with Crippen molar-refractivity contribution in [1.29, 1.82) is 0 Å². The number of benzene rings is 2. The fraction of sp³-hybridized carbons (Fsp3) is 0.391. The normalized spacial score (nSPS) is 14.6. The fourth-order valence-corrected chi connectivity index (χ4v) is 5.26. The van der Waals surface area contributed by atoms with Gasteiger partial charge in [0, 0.05) is 31.7 Å². The minimum absolute atomic E-state index is 0.0347. The van der Waals surface area contributed by atoms with Crippen LogP contribution < -0.4 is 10.6 Å². The van der Waals surface area contributed by atoms with E-state index < -0.39 is 21.7 Å². The topological polar surface area (TPSA) is 105 Å². The predicted octanol–water partition coefficient (Wildman–Crippen LogP) is 1.50. The van der Waals surface area contributed by atoms with Gasteiger partial charge in [-0.1, -0.05) is 25.1 Å². The highest BCUT2D eigenvalue weighted by molar-refractivity contribution is 7.89. The second-order valence-corrected chi connectivity index (χ2v) is 9.51. The van der Waals surface area contributed by atoms with E-state index >= 15 is 0 Å². The van der Waals surface area contributed by atoms with Crippen molar-refractivity contribution in [1.82, 2.24) is 14.9 Å². The van der Waals surface area contributed by atoms with E-state index in [4.69, 9.17) is 4.74 Å². The number of aryl methyl sites for hydroxylation is 1. The standard InChI is InChI=1S/C23H28FN3O5S/c1-2-18-6-7-19(16-21(18)33(30,31)27-10-12-32-13-11-27)23(29)26-9-8-25-22(28)15-17-4-3-5-20(24)14-17/h3-7,14,16H,2,8-13,15H2,1H3,(H,25,28)(H,26,29). The average molecular weight is 478 g/mol. The van der Waals surface area contributed by atoms with E-state index in [1.807, 2.05) is 6.92 Å². The quantitative estimate of drug-likeness (QED) is 0.533. The van der Waals surface area contributed by atoms with Gasteiger partial charge < -0.3 is 15.4 Å². The molecule has 1 aliphatic rings. The van der Waals surface area contributed by atoms with Crippen LogP contribution >= 0.6 is 0 Å². The van der Waals surface area contributed by atoms with Gasteiger partial charge in [-0.2, -0.15) is 4.31 Å². The number of carbonyl (C=O) groups excluding carboxylic acids is 2. The third kappa shape index (κ3) is 6.59. The van der Waals surface area contributed by atoms with E-state index in [-0.39, 0.29) is 49.0 Å². The fourth-order valence-electron chi connectivity index (χ4n) is 3.53. The van der Waals surface area contributed by atoms with E-state index in [9.17, 15) is 22.4 Å². The largest absolute Gasteiger partial charge is 0.379 e. The number of hydrogen-bond donors (Lipinski definition) is 2. The van der Waals surface area contributed by atoms with Gasteiger partial charge in [0.1, 0.15) is 5.82 Å². The highest BCUT2D eigenvalue weighted by Gasteiger charge is 2.29. The van der Waals surface area contributed by atoms with Gasteiger partial charge in [-0.25, -0.2) is 12.8 Å². The first-order valence-electron chi connectivity index (χ1n) is 10.8. The maximum Gasteiger partial charge on any atom is 0.251 e. The van der Waals surface area contributed by atoms with E-state index in [2.05, 4.69) is 10.6 Å². The van der Waals surface area contributed by atoms with Gasteiger partial charge >= 0.3 is 0 Å². The van der Waals surface area contributed by atoms with Crippen molar-refractivity contribution in [2.24, 2.45) is 0 Å². The second kappa shape index (κ2) is 11.4. The van der Waals surface area contributed by atoms with Crippen LogP contribution in [0.15, 0.2) is 47.4 Å². The number of carbonyl (C=O) groups is 2. The lowest BCUT2D eigenvalue weighted by Crippen LogP contribution is -2.41. The van der Waals surface area contributed by atoms with E-state index in [1.165, 1.54) is 28.6 Å². The van der Waals surface area contributed by atoms with Gasteiger partial charge in [0.2, 0.25) is 15.9 Å². The lowest BCUT2D eigenvalue weighted by Gasteiger charge is -2.27. The lowest BCUT2D eigenvalue weighted by atomic mass is 10.1. The maximum atomic E-state index is 13.2. The first-order valence-corrected chi connectivity index (χ1v) is 12.3. The number of halogens is 1. The number of ether oxygens (including phenoxy) is 1. The first-order chi connectivity index (χ1) is 15.8. The summed E-state index contributed by atoms with van der Waals surface area (Å²) in [5.41, 5.74) is 1.43. The molecule has 2 N–H and O–H groups in total. The molecule has 1 fully saturated rings. The second-order valence-electron chi connectivity index (χ2n) is 7.61. The number of nitrogens with one attached hydrogen (secondary N) is 2. The van der Waals surface area contributed by atoms with Crippen molar-refractivity contribution in [2.75, 3.05) is 39.4 Å². The van der Waals surface area contributed by atoms with Crippen molar-refractivity contribution in [3.05, 3.63) is 65.0 Å². The molecule has 0 aliphatic carbocycles. The van der Waals surface area contributed by atoms with Gasteiger partial charge in [-0.15, -0.1) is 0 Å². The summed E-state index contributed by atoms with van der Waals surface area (Å²) in [6, 6.07) is 10.5. The Morgan fingerprint density at radius 3 is 2.48 bits per heavy atom. The third-order valence-electron chi connectivity index (χ3n) is 5.28. The van der Waals surface area contributed by atoms with Crippen LogP contribution in [0.2, 0.25) is 0 Å². The zero-order chi connectivity index (χ0) is 23.8. The molecule has 2 aromatic carbocycles. The summed E-state index contributed by atoms with van der Waals surface area (Å²) in [5, 5.41) is 5.34. The van der Waals surface area contributed by atoms with Gasteiger partial charge in [-0.05, 0) is 41.8 Å². The van der Waals surface area contributed by atoms with Crippen LogP contribution in [0.25, 0.3) is 0 Å². The molecule has 0 bridgehead atoms. The van der Waals surface area contributed by atoms with E-state index in [1.54, 1.807) is 18.2 Å². The SMILES string of the molecule is CCc1ccc(C(=O)NCCNC(=O)Cc2cccc(F)c2)cc1S(=O)(=O)N1CCOCC1. The van der Waals surface area contributed by atoms with Crippen LogP contribution in [0.1, 0.15) is 28.4 Å². The Labute approximate surface area is 193 Å².